The Balaban J connectivity index is 2.64. The second kappa shape index (κ2) is 7.09. The van der Waals surface area contributed by atoms with E-state index in [0.717, 1.165) is 12.8 Å². The highest BCUT2D eigenvalue weighted by Gasteiger charge is 2.35. The molecule has 0 amide bonds. The van der Waals surface area contributed by atoms with E-state index in [0.29, 0.717) is 12.3 Å². The van der Waals surface area contributed by atoms with E-state index in [1.807, 2.05) is 0 Å². The van der Waals surface area contributed by atoms with Gasteiger partial charge in [-0.05, 0) is 33.1 Å². The number of carboxylic acids is 1. The Bertz CT molecular complexity index is 337. The van der Waals surface area contributed by atoms with Crippen LogP contribution in [0.15, 0.2) is 0 Å². The molecule has 0 saturated heterocycles. The fourth-order valence-corrected chi connectivity index (χ4v) is 2.86. The fraction of sp³-hybridized carbons (Fsp3) is 0.875. The van der Waals surface area contributed by atoms with Gasteiger partial charge >= 0.3 is 11.9 Å². The van der Waals surface area contributed by atoms with Crippen LogP contribution in [0.2, 0.25) is 0 Å². The number of aliphatic carboxylic acids is 1. The van der Waals surface area contributed by atoms with E-state index in [1.54, 1.807) is 27.7 Å². The van der Waals surface area contributed by atoms with Crippen molar-refractivity contribution in [2.45, 2.75) is 71.8 Å². The van der Waals surface area contributed by atoms with Crippen LogP contribution in [-0.2, 0) is 14.3 Å². The van der Waals surface area contributed by atoms with Gasteiger partial charge in [-0.15, -0.1) is 0 Å². The molecule has 2 atom stereocenters. The van der Waals surface area contributed by atoms with Crippen LogP contribution >= 0.6 is 0 Å². The Morgan fingerprint density at radius 1 is 1.20 bits per heavy atom. The van der Waals surface area contributed by atoms with Crippen molar-refractivity contribution in [3.05, 3.63) is 0 Å². The Hall–Kier alpha value is -1.06. The summed E-state index contributed by atoms with van der Waals surface area (Å²) >= 11 is 0. The molecule has 0 spiro atoms. The van der Waals surface area contributed by atoms with Crippen molar-refractivity contribution in [3.8, 4) is 0 Å². The molecule has 1 saturated carbocycles. The molecular weight excluding hydrogens is 256 g/mol. The second-order valence-electron chi connectivity index (χ2n) is 7.01. The second-order valence-corrected chi connectivity index (χ2v) is 7.01. The van der Waals surface area contributed by atoms with Gasteiger partial charge < -0.3 is 9.84 Å². The minimum atomic E-state index is -0.881. The lowest BCUT2D eigenvalue weighted by Crippen LogP contribution is -2.35. The van der Waals surface area contributed by atoms with Gasteiger partial charge in [0.2, 0.25) is 0 Å². The highest BCUT2D eigenvalue weighted by atomic mass is 16.6. The van der Waals surface area contributed by atoms with E-state index in [1.165, 1.54) is 19.3 Å². The molecule has 1 aliphatic rings. The average Bonchev–Trinajstić information content (AvgIpc) is 2.34. The normalized spacial score (nSPS) is 20.2. The number of rotatable bonds is 5. The molecule has 0 heterocycles. The number of carboxylic acid groups (broad SMARTS) is 1. The summed E-state index contributed by atoms with van der Waals surface area (Å²) in [5.41, 5.74) is -0.570. The van der Waals surface area contributed by atoms with Crippen molar-refractivity contribution in [2.24, 2.45) is 17.8 Å². The van der Waals surface area contributed by atoms with Crippen LogP contribution in [0.25, 0.3) is 0 Å². The van der Waals surface area contributed by atoms with E-state index in [9.17, 15) is 14.7 Å². The Morgan fingerprint density at radius 2 is 1.75 bits per heavy atom. The van der Waals surface area contributed by atoms with Gasteiger partial charge in [-0.2, -0.15) is 0 Å². The summed E-state index contributed by atoms with van der Waals surface area (Å²) in [6.45, 7) is 7.08. The molecule has 0 aromatic rings. The van der Waals surface area contributed by atoms with Crippen molar-refractivity contribution in [1.29, 1.82) is 0 Å². The van der Waals surface area contributed by atoms with Crippen LogP contribution in [0.1, 0.15) is 66.2 Å². The molecule has 0 aromatic carbocycles. The predicted octanol–water partition coefficient (Wildman–Crippen LogP) is 3.64. The highest BCUT2D eigenvalue weighted by Crippen LogP contribution is 2.32. The first-order chi connectivity index (χ1) is 9.20. The van der Waals surface area contributed by atoms with Gasteiger partial charge in [0.1, 0.15) is 5.60 Å². The molecule has 116 valence electrons. The van der Waals surface area contributed by atoms with Crippen molar-refractivity contribution < 1.29 is 19.4 Å². The summed E-state index contributed by atoms with van der Waals surface area (Å²) in [7, 11) is 0. The van der Waals surface area contributed by atoms with Gasteiger partial charge in [-0.25, -0.2) is 0 Å². The maximum atomic E-state index is 12.1. The molecule has 0 radical (unpaired) electrons. The Labute approximate surface area is 121 Å². The van der Waals surface area contributed by atoms with E-state index in [-0.39, 0.29) is 0 Å². The lowest BCUT2D eigenvalue weighted by atomic mass is 9.79. The molecule has 1 rings (SSSR count). The average molecular weight is 284 g/mol. The largest absolute Gasteiger partial charge is 0.481 e. The smallest absolute Gasteiger partial charge is 0.310 e. The quantitative estimate of drug-likeness (QED) is 0.783. The van der Waals surface area contributed by atoms with E-state index in [2.05, 4.69) is 0 Å². The van der Waals surface area contributed by atoms with E-state index in [4.69, 9.17) is 4.74 Å². The highest BCUT2D eigenvalue weighted by molar-refractivity contribution is 5.81. The fourth-order valence-electron chi connectivity index (χ4n) is 2.86. The van der Waals surface area contributed by atoms with Crippen LogP contribution < -0.4 is 0 Å². The number of carbonyl (C=O) groups excluding carboxylic acids is 1. The molecule has 0 bridgehead atoms. The van der Waals surface area contributed by atoms with Gasteiger partial charge in [0.15, 0.2) is 0 Å². The van der Waals surface area contributed by atoms with Gasteiger partial charge in [-0.1, -0.05) is 39.0 Å². The molecule has 20 heavy (non-hydrogen) atoms. The Morgan fingerprint density at radius 3 is 2.20 bits per heavy atom. The van der Waals surface area contributed by atoms with Crippen molar-refractivity contribution in [1.82, 2.24) is 0 Å². The van der Waals surface area contributed by atoms with Gasteiger partial charge in [-0.3, -0.25) is 9.59 Å². The molecule has 1 aliphatic carbocycles. The number of carbonyl (C=O) groups is 2. The van der Waals surface area contributed by atoms with Crippen LogP contribution in [0.4, 0.5) is 0 Å². The zero-order chi connectivity index (χ0) is 15.3. The molecule has 0 aliphatic heterocycles. The lowest BCUT2D eigenvalue weighted by Gasteiger charge is -2.28. The zero-order valence-corrected chi connectivity index (χ0v) is 13.1. The number of esters is 1. The SMILES string of the molecule is C[C@H](C(=O)OC(C)(C)C)[C@@H](CC1CCCCC1)C(=O)O. The van der Waals surface area contributed by atoms with Gasteiger partial charge in [0.25, 0.3) is 0 Å². The van der Waals surface area contributed by atoms with E-state index >= 15 is 0 Å². The third-order valence-corrected chi connectivity index (χ3v) is 4.01. The van der Waals surface area contributed by atoms with Gasteiger partial charge in [0, 0.05) is 0 Å². The minimum absolute atomic E-state index is 0.402. The van der Waals surface area contributed by atoms with Crippen molar-refractivity contribution in [3.63, 3.8) is 0 Å². The van der Waals surface area contributed by atoms with Gasteiger partial charge in [0.05, 0.1) is 11.8 Å². The Kier molecular flexibility index (Phi) is 6.03. The molecule has 4 heteroatoms. The maximum Gasteiger partial charge on any atom is 0.310 e. The number of hydrogen-bond acceptors (Lipinski definition) is 3. The van der Waals surface area contributed by atoms with Crippen LogP contribution in [0.3, 0.4) is 0 Å². The van der Waals surface area contributed by atoms with Crippen molar-refractivity contribution >= 4 is 11.9 Å². The lowest BCUT2D eigenvalue weighted by molar-refractivity contribution is -0.166. The standard InChI is InChI=1S/C16H28O4/c1-11(15(19)20-16(2,3)4)13(14(17)18)10-12-8-6-5-7-9-12/h11-13H,5-10H2,1-4H3,(H,17,18)/t11-,13+/m0/s1. The third-order valence-electron chi connectivity index (χ3n) is 4.01. The third kappa shape index (κ3) is 5.51. The number of ether oxygens (including phenoxy) is 1. The minimum Gasteiger partial charge on any atom is -0.481 e. The monoisotopic (exact) mass is 284 g/mol. The molecule has 1 N–H and O–H groups in total. The van der Waals surface area contributed by atoms with Crippen LogP contribution in [0, 0.1) is 17.8 Å². The summed E-state index contributed by atoms with van der Waals surface area (Å²) in [5, 5.41) is 9.41. The summed E-state index contributed by atoms with van der Waals surface area (Å²) in [6.07, 6.45) is 6.37. The van der Waals surface area contributed by atoms with Crippen LogP contribution in [0.5, 0.6) is 0 Å². The molecular formula is C16H28O4. The molecule has 0 aromatic heterocycles. The van der Waals surface area contributed by atoms with E-state index < -0.39 is 29.4 Å². The zero-order valence-electron chi connectivity index (χ0n) is 13.1. The maximum absolute atomic E-state index is 12.1. The molecule has 4 nitrogen and oxygen atoms in total. The topological polar surface area (TPSA) is 63.6 Å². The summed E-state index contributed by atoms with van der Waals surface area (Å²) in [4.78, 5) is 23.5. The molecule has 0 unspecified atom stereocenters. The summed E-state index contributed by atoms with van der Waals surface area (Å²) in [6, 6.07) is 0. The first-order valence-electron chi connectivity index (χ1n) is 7.66. The predicted molar refractivity (Wildman–Crippen MR) is 77.3 cm³/mol. The first kappa shape index (κ1) is 17.0. The molecule has 1 fully saturated rings. The number of hydrogen-bond donors (Lipinski definition) is 1. The summed E-state index contributed by atoms with van der Waals surface area (Å²) < 4.78 is 5.32. The summed E-state index contributed by atoms with van der Waals surface area (Å²) in [5.74, 6) is -2.06. The first-order valence-corrected chi connectivity index (χ1v) is 7.66. The van der Waals surface area contributed by atoms with Crippen LogP contribution in [-0.4, -0.2) is 22.6 Å². The van der Waals surface area contributed by atoms with Crippen molar-refractivity contribution in [2.75, 3.05) is 0 Å².